The second kappa shape index (κ2) is 5.78. The Bertz CT molecular complexity index is 697. The summed E-state index contributed by atoms with van der Waals surface area (Å²) in [5.74, 6) is 0.174. The Morgan fingerprint density at radius 1 is 1.48 bits per heavy atom. The van der Waals surface area contributed by atoms with E-state index in [1.165, 1.54) is 11.8 Å². The molecule has 0 saturated heterocycles. The third-order valence-electron chi connectivity index (χ3n) is 3.79. The number of carbonyl (C=O) groups is 1. The maximum Gasteiger partial charge on any atom is 0.231 e. The van der Waals surface area contributed by atoms with Gasteiger partial charge >= 0.3 is 0 Å². The van der Waals surface area contributed by atoms with E-state index < -0.39 is 5.54 Å². The fourth-order valence-electron chi connectivity index (χ4n) is 2.70. The van der Waals surface area contributed by atoms with E-state index in [-0.39, 0.29) is 11.7 Å². The van der Waals surface area contributed by atoms with Gasteiger partial charge in [0, 0.05) is 6.20 Å². The molecule has 1 saturated carbocycles. The predicted octanol–water partition coefficient (Wildman–Crippen LogP) is 2.38. The van der Waals surface area contributed by atoms with Crippen LogP contribution in [0.4, 0.5) is 0 Å². The van der Waals surface area contributed by atoms with Crippen LogP contribution in [0.25, 0.3) is 5.52 Å². The molecule has 0 aliphatic heterocycles. The number of thioether (sulfide) groups is 1. The molecule has 1 N–H and O–H groups in total. The van der Waals surface area contributed by atoms with Crippen molar-refractivity contribution in [3.8, 4) is 6.07 Å². The van der Waals surface area contributed by atoms with Crippen LogP contribution in [0.15, 0.2) is 35.7 Å². The molecular weight excluding hydrogens is 284 g/mol. The Balaban J connectivity index is 1.62. The van der Waals surface area contributed by atoms with Crippen LogP contribution < -0.4 is 5.32 Å². The van der Waals surface area contributed by atoms with Gasteiger partial charge in [-0.05, 0) is 37.8 Å². The molecule has 0 aromatic carbocycles. The van der Waals surface area contributed by atoms with E-state index in [2.05, 4.69) is 16.4 Å². The van der Waals surface area contributed by atoms with Gasteiger partial charge in [0.15, 0.2) is 5.16 Å². The lowest BCUT2D eigenvalue weighted by Gasteiger charge is -2.21. The molecule has 3 rings (SSSR count). The first-order chi connectivity index (χ1) is 10.2. The molecule has 1 amide bonds. The molecule has 1 aliphatic rings. The molecule has 0 atom stereocenters. The number of amides is 1. The molecule has 6 heteroatoms. The summed E-state index contributed by atoms with van der Waals surface area (Å²) < 4.78 is 1.95. The number of aromatic nitrogens is 2. The highest BCUT2D eigenvalue weighted by Gasteiger charge is 2.35. The summed E-state index contributed by atoms with van der Waals surface area (Å²) in [4.78, 5) is 16.4. The monoisotopic (exact) mass is 300 g/mol. The molecule has 2 aromatic heterocycles. The fourth-order valence-corrected chi connectivity index (χ4v) is 3.47. The third-order valence-corrected chi connectivity index (χ3v) is 4.75. The number of pyridine rings is 1. The first-order valence-electron chi connectivity index (χ1n) is 7.00. The molecule has 1 aliphatic carbocycles. The van der Waals surface area contributed by atoms with Gasteiger partial charge in [-0.15, -0.1) is 0 Å². The molecule has 21 heavy (non-hydrogen) atoms. The molecule has 5 nitrogen and oxygen atoms in total. The van der Waals surface area contributed by atoms with E-state index in [4.69, 9.17) is 0 Å². The minimum Gasteiger partial charge on any atom is -0.337 e. The highest BCUT2D eigenvalue weighted by atomic mass is 32.2. The van der Waals surface area contributed by atoms with E-state index in [1.807, 2.05) is 28.8 Å². The van der Waals surface area contributed by atoms with Gasteiger partial charge < -0.3 is 5.32 Å². The minimum atomic E-state index is -0.647. The summed E-state index contributed by atoms with van der Waals surface area (Å²) in [7, 11) is 0. The average Bonchev–Trinajstić information content (AvgIpc) is 3.12. The van der Waals surface area contributed by atoms with Gasteiger partial charge in [-0.3, -0.25) is 9.20 Å². The summed E-state index contributed by atoms with van der Waals surface area (Å²) in [5, 5.41) is 13.0. The van der Waals surface area contributed by atoms with Crippen LogP contribution in [0.1, 0.15) is 25.7 Å². The summed E-state index contributed by atoms with van der Waals surface area (Å²) >= 11 is 1.39. The lowest BCUT2D eigenvalue weighted by molar-refractivity contribution is -0.119. The van der Waals surface area contributed by atoms with Crippen LogP contribution in [-0.4, -0.2) is 26.6 Å². The molecule has 0 radical (unpaired) electrons. The summed E-state index contributed by atoms with van der Waals surface area (Å²) in [5.41, 5.74) is 0.358. The minimum absolute atomic E-state index is 0.101. The van der Waals surface area contributed by atoms with Crippen molar-refractivity contribution in [3.63, 3.8) is 0 Å². The normalized spacial score (nSPS) is 16.7. The van der Waals surface area contributed by atoms with Gasteiger partial charge in [-0.1, -0.05) is 17.8 Å². The second-order valence-electron chi connectivity index (χ2n) is 5.27. The maximum absolute atomic E-state index is 12.1. The number of imidazole rings is 1. The van der Waals surface area contributed by atoms with Crippen LogP contribution in [0, 0.1) is 11.3 Å². The van der Waals surface area contributed by atoms with E-state index in [1.54, 1.807) is 6.20 Å². The van der Waals surface area contributed by atoms with E-state index >= 15 is 0 Å². The highest BCUT2D eigenvalue weighted by Crippen LogP contribution is 2.29. The van der Waals surface area contributed by atoms with Crippen molar-refractivity contribution in [1.29, 1.82) is 5.26 Å². The van der Waals surface area contributed by atoms with Crippen molar-refractivity contribution in [2.24, 2.45) is 0 Å². The smallest absolute Gasteiger partial charge is 0.231 e. The largest absolute Gasteiger partial charge is 0.337 e. The second-order valence-corrected chi connectivity index (χ2v) is 6.22. The Hall–Kier alpha value is -2.00. The van der Waals surface area contributed by atoms with Crippen LogP contribution in [0.2, 0.25) is 0 Å². The van der Waals surface area contributed by atoms with Crippen LogP contribution >= 0.6 is 11.8 Å². The number of hydrogen-bond acceptors (Lipinski definition) is 4. The summed E-state index contributed by atoms with van der Waals surface area (Å²) in [6, 6.07) is 8.13. The molecule has 108 valence electrons. The van der Waals surface area contributed by atoms with E-state index in [9.17, 15) is 10.1 Å². The number of rotatable bonds is 4. The summed E-state index contributed by atoms with van der Waals surface area (Å²) in [6.45, 7) is 0. The standard InChI is InChI=1S/C15H16N4OS/c16-11-15(6-2-3-7-15)18-13(20)10-21-14-17-9-12-5-1-4-8-19(12)14/h1,4-5,8-9H,2-3,6-7,10H2,(H,18,20). The Labute approximate surface area is 127 Å². The van der Waals surface area contributed by atoms with Crippen molar-refractivity contribution >= 4 is 23.2 Å². The molecule has 0 bridgehead atoms. The zero-order valence-electron chi connectivity index (χ0n) is 11.6. The topological polar surface area (TPSA) is 70.2 Å². The summed E-state index contributed by atoms with van der Waals surface area (Å²) in [6.07, 6.45) is 7.24. The number of nitrogens with one attached hydrogen (secondary N) is 1. The number of nitrogens with zero attached hydrogens (tertiary/aromatic N) is 3. The molecule has 0 unspecified atom stereocenters. The van der Waals surface area contributed by atoms with Crippen molar-refractivity contribution in [3.05, 3.63) is 30.6 Å². The number of fused-ring (bicyclic) bond motifs is 1. The van der Waals surface area contributed by atoms with Gasteiger partial charge in [0.05, 0.1) is 23.5 Å². The van der Waals surface area contributed by atoms with Crippen molar-refractivity contribution in [2.75, 3.05) is 5.75 Å². The van der Waals surface area contributed by atoms with Crippen molar-refractivity contribution in [2.45, 2.75) is 36.4 Å². The quantitative estimate of drug-likeness (QED) is 0.880. The Kier molecular flexibility index (Phi) is 3.84. The van der Waals surface area contributed by atoms with Crippen molar-refractivity contribution < 1.29 is 4.79 Å². The van der Waals surface area contributed by atoms with Crippen LogP contribution in [0.5, 0.6) is 0 Å². The van der Waals surface area contributed by atoms with Gasteiger partial charge in [-0.25, -0.2) is 4.98 Å². The molecule has 1 fully saturated rings. The lowest BCUT2D eigenvalue weighted by Crippen LogP contribution is -2.45. The molecule has 0 spiro atoms. The Morgan fingerprint density at radius 3 is 3.05 bits per heavy atom. The molecule has 2 heterocycles. The van der Waals surface area contributed by atoms with Crippen molar-refractivity contribution in [1.82, 2.24) is 14.7 Å². The lowest BCUT2D eigenvalue weighted by atomic mass is 10.0. The molecular formula is C15H16N4OS. The Morgan fingerprint density at radius 2 is 2.29 bits per heavy atom. The first-order valence-corrected chi connectivity index (χ1v) is 7.98. The van der Waals surface area contributed by atoms with Gasteiger partial charge in [0.25, 0.3) is 0 Å². The number of carbonyl (C=O) groups excluding carboxylic acids is 1. The average molecular weight is 300 g/mol. The predicted molar refractivity (Wildman–Crippen MR) is 80.9 cm³/mol. The number of nitriles is 1. The van der Waals surface area contributed by atoms with Crippen LogP contribution in [-0.2, 0) is 4.79 Å². The van der Waals surface area contributed by atoms with Gasteiger partial charge in [0.2, 0.25) is 5.91 Å². The highest BCUT2D eigenvalue weighted by molar-refractivity contribution is 7.99. The fraction of sp³-hybridized carbons (Fsp3) is 0.400. The SMILES string of the molecule is N#CC1(NC(=O)CSc2ncc3ccccn23)CCCC1. The van der Waals surface area contributed by atoms with Gasteiger partial charge in [-0.2, -0.15) is 5.26 Å². The van der Waals surface area contributed by atoms with E-state index in [0.29, 0.717) is 0 Å². The van der Waals surface area contributed by atoms with Gasteiger partial charge in [0.1, 0.15) is 5.54 Å². The van der Waals surface area contributed by atoms with Crippen LogP contribution in [0.3, 0.4) is 0 Å². The number of hydrogen-bond donors (Lipinski definition) is 1. The van der Waals surface area contributed by atoms with E-state index in [0.717, 1.165) is 36.4 Å². The first kappa shape index (κ1) is 14.0. The zero-order valence-corrected chi connectivity index (χ0v) is 12.4. The molecule has 2 aromatic rings. The maximum atomic E-state index is 12.1. The zero-order chi connectivity index (χ0) is 14.7. The third kappa shape index (κ3) is 2.88.